The van der Waals surface area contributed by atoms with Gasteiger partial charge in [-0.3, -0.25) is 11.3 Å². The number of nitrogens with two attached hydrogens (primary N) is 1. The molecule has 106 valence electrons. The third kappa shape index (κ3) is 4.32. The van der Waals surface area contributed by atoms with Gasteiger partial charge in [0, 0.05) is 15.5 Å². The van der Waals surface area contributed by atoms with Crippen molar-refractivity contribution in [2.24, 2.45) is 5.84 Å². The van der Waals surface area contributed by atoms with Crippen molar-refractivity contribution in [1.82, 2.24) is 5.43 Å². The zero-order chi connectivity index (χ0) is 14.5. The summed E-state index contributed by atoms with van der Waals surface area (Å²) in [6.45, 7) is 2.04. The first-order chi connectivity index (χ1) is 9.58. The average molecular weight is 354 g/mol. The number of hydrazine groups is 1. The summed E-state index contributed by atoms with van der Waals surface area (Å²) < 4.78 is 1.08. The van der Waals surface area contributed by atoms with Crippen LogP contribution < -0.4 is 11.3 Å². The van der Waals surface area contributed by atoms with Crippen LogP contribution in [0.5, 0.6) is 0 Å². The molecule has 0 radical (unpaired) electrons. The Labute approximate surface area is 133 Å². The molecule has 0 amide bonds. The van der Waals surface area contributed by atoms with Gasteiger partial charge in [0.15, 0.2) is 0 Å². The number of nitrogens with one attached hydrogen (secondary N) is 1. The van der Waals surface area contributed by atoms with Crippen LogP contribution in [0.25, 0.3) is 0 Å². The Morgan fingerprint density at radius 1 is 1.15 bits per heavy atom. The standard InChI is InChI=1S/C16H18BrClN2/c1-11-2-5-13(16(18)8-11)10-15(20-19)9-12-3-6-14(17)7-4-12/h2-8,15,20H,9-10,19H2,1H3. The SMILES string of the molecule is Cc1ccc(CC(Cc2ccc(Br)cc2)NN)c(Cl)c1. The maximum Gasteiger partial charge on any atom is 0.0441 e. The Morgan fingerprint density at radius 3 is 2.45 bits per heavy atom. The van der Waals surface area contributed by atoms with E-state index in [0.29, 0.717) is 0 Å². The Kier molecular flexibility index (Phi) is 5.61. The van der Waals surface area contributed by atoms with Gasteiger partial charge in [-0.1, -0.05) is 51.8 Å². The minimum Gasteiger partial charge on any atom is -0.271 e. The van der Waals surface area contributed by atoms with Crippen LogP contribution in [-0.4, -0.2) is 6.04 Å². The summed E-state index contributed by atoms with van der Waals surface area (Å²) in [5, 5.41) is 0.807. The highest BCUT2D eigenvalue weighted by atomic mass is 79.9. The molecule has 0 saturated heterocycles. The molecule has 1 unspecified atom stereocenters. The molecule has 0 aromatic heterocycles. The van der Waals surface area contributed by atoms with Crippen LogP contribution in [0.3, 0.4) is 0 Å². The molecule has 0 saturated carbocycles. The lowest BCUT2D eigenvalue weighted by Crippen LogP contribution is -2.38. The van der Waals surface area contributed by atoms with Gasteiger partial charge in [0.25, 0.3) is 0 Å². The maximum absolute atomic E-state index is 6.28. The summed E-state index contributed by atoms with van der Waals surface area (Å²) in [7, 11) is 0. The van der Waals surface area contributed by atoms with Crippen LogP contribution in [0.4, 0.5) is 0 Å². The number of rotatable bonds is 5. The second-order valence-electron chi connectivity index (χ2n) is 4.99. The molecule has 1 atom stereocenters. The predicted octanol–water partition coefficient (Wildman–Crippen LogP) is 4.03. The van der Waals surface area contributed by atoms with Crippen molar-refractivity contribution in [3.63, 3.8) is 0 Å². The van der Waals surface area contributed by atoms with E-state index >= 15 is 0 Å². The van der Waals surface area contributed by atoms with Gasteiger partial charge < -0.3 is 0 Å². The molecule has 0 aliphatic rings. The summed E-state index contributed by atoms with van der Waals surface area (Å²) >= 11 is 9.72. The Morgan fingerprint density at radius 2 is 1.85 bits per heavy atom. The summed E-state index contributed by atoms with van der Waals surface area (Å²) in [6.07, 6.45) is 1.68. The molecule has 2 nitrogen and oxygen atoms in total. The highest BCUT2D eigenvalue weighted by molar-refractivity contribution is 9.10. The molecule has 0 bridgehead atoms. The summed E-state index contributed by atoms with van der Waals surface area (Å²) in [5.74, 6) is 5.68. The first-order valence-electron chi connectivity index (χ1n) is 6.54. The second kappa shape index (κ2) is 7.23. The first kappa shape index (κ1) is 15.5. The highest BCUT2D eigenvalue weighted by Gasteiger charge is 2.11. The van der Waals surface area contributed by atoms with Crippen LogP contribution in [0.1, 0.15) is 16.7 Å². The van der Waals surface area contributed by atoms with Crippen LogP contribution in [0, 0.1) is 6.92 Å². The first-order valence-corrected chi connectivity index (χ1v) is 7.71. The number of hydrogen-bond donors (Lipinski definition) is 2. The Hall–Kier alpha value is -0.870. The second-order valence-corrected chi connectivity index (χ2v) is 6.32. The van der Waals surface area contributed by atoms with Crippen molar-refractivity contribution >= 4 is 27.5 Å². The van der Waals surface area contributed by atoms with E-state index in [9.17, 15) is 0 Å². The zero-order valence-electron chi connectivity index (χ0n) is 11.4. The lowest BCUT2D eigenvalue weighted by molar-refractivity contribution is 0.522. The topological polar surface area (TPSA) is 38.0 Å². The molecule has 0 fully saturated rings. The highest BCUT2D eigenvalue weighted by Crippen LogP contribution is 2.20. The van der Waals surface area contributed by atoms with E-state index in [0.717, 1.165) is 27.9 Å². The lowest BCUT2D eigenvalue weighted by Gasteiger charge is -2.17. The molecule has 3 N–H and O–H groups in total. The Bertz CT molecular complexity index is 569. The fraction of sp³-hybridized carbons (Fsp3) is 0.250. The third-order valence-corrected chi connectivity index (χ3v) is 4.19. The van der Waals surface area contributed by atoms with Crippen molar-refractivity contribution in [1.29, 1.82) is 0 Å². The minimum atomic E-state index is 0.163. The molecule has 4 heteroatoms. The number of aryl methyl sites for hydroxylation is 1. The zero-order valence-corrected chi connectivity index (χ0v) is 13.7. The lowest BCUT2D eigenvalue weighted by atomic mass is 9.99. The minimum absolute atomic E-state index is 0.163. The van der Waals surface area contributed by atoms with E-state index in [1.54, 1.807) is 0 Å². The predicted molar refractivity (Wildman–Crippen MR) is 88.9 cm³/mol. The molecular weight excluding hydrogens is 336 g/mol. The maximum atomic E-state index is 6.28. The average Bonchev–Trinajstić information content (AvgIpc) is 2.43. The normalized spacial score (nSPS) is 12.4. The van der Waals surface area contributed by atoms with Gasteiger partial charge in [-0.25, -0.2) is 0 Å². The van der Waals surface area contributed by atoms with E-state index in [2.05, 4.69) is 45.6 Å². The van der Waals surface area contributed by atoms with Gasteiger partial charge in [0.1, 0.15) is 0 Å². The van der Waals surface area contributed by atoms with E-state index in [1.807, 2.05) is 25.1 Å². The van der Waals surface area contributed by atoms with Crippen LogP contribution in [0.2, 0.25) is 5.02 Å². The quantitative estimate of drug-likeness (QED) is 0.629. The van der Waals surface area contributed by atoms with Gasteiger partial charge in [-0.2, -0.15) is 0 Å². The van der Waals surface area contributed by atoms with E-state index in [1.165, 1.54) is 11.1 Å². The van der Waals surface area contributed by atoms with Crippen molar-refractivity contribution in [2.75, 3.05) is 0 Å². The monoisotopic (exact) mass is 352 g/mol. The van der Waals surface area contributed by atoms with Crippen molar-refractivity contribution in [3.05, 3.63) is 68.7 Å². The van der Waals surface area contributed by atoms with E-state index in [4.69, 9.17) is 17.4 Å². The van der Waals surface area contributed by atoms with Crippen LogP contribution in [-0.2, 0) is 12.8 Å². The molecular formula is C16H18BrClN2. The molecule has 2 aromatic rings. The molecule has 0 heterocycles. The number of benzene rings is 2. The molecule has 0 aliphatic heterocycles. The molecule has 0 spiro atoms. The molecule has 2 aromatic carbocycles. The largest absolute Gasteiger partial charge is 0.271 e. The van der Waals surface area contributed by atoms with Crippen molar-refractivity contribution in [2.45, 2.75) is 25.8 Å². The summed E-state index contributed by atoms with van der Waals surface area (Å²) in [6, 6.07) is 14.6. The van der Waals surface area contributed by atoms with E-state index in [-0.39, 0.29) is 6.04 Å². The smallest absolute Gasteiger partial charge is 0.0441 e. The van der Waals surface area contributed by atoms with Gasteiger partial charge in [-0.15, -0.1) is 0 Å². The van der Waals surface area contributed by atoms with Gasteiger partial charge in [0.05, 0.1) is 0 Å². The van der Waals surface area contributed by atoms with Crippen LogP contribution in [0.15, 0.2) is 46.9 Å². The summed E-state index contributed by atoms with van der Waals surface area (Å²) in [5.41, 5.74) is 6.43. The van der Waals surface area contributed by atoms with Crippen molar-refractivity contribution in [3.8, 4) is 0 Å². The number of hydrogen-bond acceptors (Lipinski definition) is 2. The number of halogens is 2. The molecule has 0 aliphatic carbocycles. The fourth-order valence-corrected chi connectivity index (χ4v) is 2.75. The van der Waals surface area contributed by atoms with Gasteiger partial charge in [-0.05, 0) is 54.7 Å². The van der Waals surface area contributed by atoms with Crippen LogP contribution >= 0.6 is 27.5 Å². The van der Waals surface area contributed by atoms with Gasteiger partial charge >= 0.3 is 0 Å². The van der Waals surface area contributed by atoms with E-state index < -0.39 is 0 Å². The Balaban J connectivity index is 2.07. The third-order valence-electron chi connectivity index (χ3n) is 3.31. The van der Waals surface area contributed by atoms with Gasteiger partial charge in [0.2, 0.25) is 0 Å². The van der Waals surface area contributed by atoms with Crippen molar-refractivity contribution < 1.29 is 0 Å². The molecule has 20 heavy (non-hydrogen) atoms. The summed E-state index contributed by atoms with van der Waals surface area (Å²) in [4.78, 5) is 0. The molecule has 2 rings (SSSR count). The fourth-order valence-electron chi connectivity index (χ4n) is 2.18.